The molecule has 0 spiro atoms. The van der Waals surface area contributed by atoms with Crippen LogP contribution in [0.4, 0.5) is 9.59 Å². The van der Waals surface area contributed by atoms with Crippen LogP contribution in [0.5, 0.6) is 0 Å². The first-order valence-electron chi connectivity index (χ1n) is 12.1. The molecule has 1 unspecified atom stereocenters. The van der Waals surface area contributed by atoms with Crippen molar-refractivity contribution in [2.24, 2.45) is 0 Å². The Morgan fingerprint density at radius 3 is 2.17 bits per heavy atom. The van der Waals surface area contributed by atoms with Crippen LogP contribution in [-0.4, -0.2) is 60.9 Å². The van der Waals surface area contributed by atoms with Gasteiger partial charge < -0.3 is 20.1 Å². The van der Waals surface area contributed by atoms with Crippen LogP contribution in [-0.2, 0) is 14.3 Å². The van der Waals surface area contributed by atoms with E-state index >= 15 is 0 Å². The molecule has 1 aliphatic heterocycles. The minimum atomic E-state index is -0.583. The van der Waals surface area contributed by atoms with Gasteiger partial charge in [0.15, 0.2) is 0 Å². The van der Waals surface area contributed by atoms with Crippen molar-refractivity contribution in [3.05, 3.63) is 59.7 Å². The van der Waals surface area contributed by atoms with Gasteiger partial charge in [0.2, 0.25) is 5.91 Å². The zero-order valence-corrected chi connectivity index (χ0v) is 20.5. The zero-order valence-electron chi connectivity index (χ0n) is 20.5. The maximum atomic E-state index is 12.9. The van der Waals surface area contributed by atoms with E-state index in [2.05, 4.69) is 34.9 Å². The highest BCUT2D eigenvalue weighted by Crippen LogP contribution is 2.44. The average molecular weight is 480 g/mol. The first-order valence-corrected chi connectivity index (χ1v) is 12.1. The molecule has 1 atom stereocenters. The lowest BCUT2D eigenvalue weighted by atomic mass is 9.98. The van der Waals surface area contributed by atoms with Crippen molar-refractivity contribution in [2.75, 3.05) is 26.2 Å². The van der Waals surface area contributed by atoms with E-state index in [0.29, 0.717) is 13.0 Å². The maximum absolute atomic E-state index is 12.9. The summed E-state index contributed by atoms with van der Waals surface area (Å²) in [4.78, 5) is 38.9. The summed E-state index contributed by atoms with van der Waals surface area (Å²) in [5.74, 6) is -0.276. The van der Waals surface area contributed by atoms with Crippen LogP contribution in [0.2, 0.25) is 0 Å². The number of rotatable bonds is 6. The number of nitrogens with one attached hydrogen (secondary N) is 2. The number of fused-ring (bicyclic) bond motifs is 3. The van der Waals surface area contributed by atoms with Crippen LogP contribution in [0.25, 0.3) is 11.1 Å². The van der Waals surface area contributed by atoms with Crippen LogP contribution < -0.4 is 10.6 Å². The van der Waals surface area contributed by atoms with E-state index in [4.69, 9.17) is 9.47 Å². The number of carbonyl (C=O) groups excluding carboxylic acids is 3. The predicted octanol–water partition coefficient (Wildman–Crippen LogP) is 4.04. The summed E-state index contributed by atoms with van der Waals surface area (Å²) in [5.41, 5.74) is 4.05. The Hall–Kier alpha value is -3.55. The Morgan fingerprint density at radius 1 is 0.943 bits per heavy atom. The summed E-state index contributed by atoms with van der Waals surface area (Å²) in [5, 5.41) is 5.40. The van der Waals surface area contributed by atoms with Gasteiger partial charge in [0.05, 0.1) is 0 Å². The van der Waals surface area contributed by atoms with E-state index in [1.807, 2.05) is 24.3 Å². The highest BCUT2D eigenvalue weighted by atomic mass is 16.6. The lowest BCUT2D eigenvalue weighted by Gasteiger charge is -2.24. The normalized spacial score (nSPS) is 16.9. The molecule has 0 aromatic heterocycles. The van der Waals surface area contributed by atoms with Crippen LogP contribution >= 0.6 is 0 Å². The number of likely N-dealkylation sites (tertiary alicyclic amines) is 1. The van der Waals surface area contributed by atoms with Gasteiger partial charge in [-0.2, -0.15) is 0 Å². The molecule has 2 aliphatic rings. The van der Waals surface area contributed by atoms with E-state index in [-0.39, 0.29) is 31.5 Å². The third kappa shape index (κ3) is 5.75. The van der Waals surface area contributed by atoms with Gasteiger partial charge in [-0.3, -0.25) is 9.69 Å². The van der Waals surface area contributed by atoms with E-state index in [1.54, 1.807) is 20.8 Å². The van der Waals surface area contributed by atoms with Crippen LogP contribution in [0.3, 0.4) is 0 Å². The first-order chi connectivity index (χ1) is 16.7. The Bertz CT molecular complexity index is 1050. The van der Waals surface area contributed by atoms with Crippen LogP contribution in [0, 0.1) is 0 Å². The molecule has 2 aromatic rings. The molecular formula is C27H33N3O5. The summed E-state index contributed by atoms with van der Waals surface area (Å²) >= 11 is 0. The second-order valence-electron chi connectivity index (χ2n) is 9.88. The van der Waals surface area contributed by atoms with Crippen molar-refractivity contribution in [1.29, 1.82) is 0 Å². The molecule has 3 amide bonds. The topological polar surface area (TPSA) is 97.0 Å². The molecular weight excluding hydrogens is 446 g/mol. The smallest absolute Gasteiger partial charge is 0.410 e. The highest BCUT2D eigenvalue weighted by Gasteiger charge is 2.36. The number of alkyl carbamates (subject to hydrolysis) is 1. The van der Waals surface area contributed by atoms with Gasteiger partial charge in [0, 0.05) is 25.6 Å². The number of carbonyl (C=O) groups is 3. The molecule has 2 aromatic carbocycles. The number of hydrogen-bond donors (Lipinski definition) is 2. The molecule has 1 heterocycles. The minimum Gasteiger partial charge on any atom is -0.448 e. The molecule has 0 saturated carbocycles. The molecule has 1 aliphatic carbocycles. The van der Waals surface area contributed by atoms with Gasteiger partial charge in [0.25, 0.3) is 0 Å². The summed E-state index contributed by atoms with van der Waals surface area (Å²) < 4.78 is 10.9. The molecule has 8 heteroatoms. The van der Waals surface area contributed by atoms with Crippen molar-refractivity contribution >= 4 is 18.1 Å². The molecule has 0 bridgehead atoms. The van der Waals surface area contributed by atoms with Crippen LogP contribution in [0.15, 0.2) is 48.5 Å². The third-order valence-corrected chi connectivity index (χ3v) is 6.22. The lowest BCUT2D eigenvalue weighted by Crippen LogP contribution is -2.48. The van der Waals surface area contributed by atoms with Gasteiger partial charge in [-0.1, -0.05) is 48.5 Å². The molecule has 1 saturated heterocycles. The Kier molecular flexibility index (Phi) is 7.28. The van der Waals surface area contributed by atoms with Crippen LogP contribution in [0.1, 0.15) is 50.7 Å². The van der Waals surface area contributed by atoms with E-state index in [1.165, 1.54) is 16.0 Å². The van der Waals surface area contributed by atoms with Crippen molar-refractivity contribution in [1.82, 2.24) is 15.5 Å². The number of hydrogen-bond acceptors (Lipinski definition) is 5. The number of nitrogens with zero attached hydrogens (tertiary/aromatic N) is 1. The fourth-order valence-electron chi connectivity index (χ4n) is 4.72. The maximum Gasteiger partial charge on any atom is 0.410 e. The number of ether oxygens (including phenoxy) is 2. The summed E-state index contributed by atoms with van der Waals surface area (Å²) in [7, 11) is 0. The molecule has 35 heavy (non-hydrogen) atoms. The molecule has 186 valence electrons. The van der Waals surface area contributed by atoms with E-state index in [9.17, 15) is 14.4 Å². The van der Waals surface area contributed by atoms with E-state index < -0.39 is 23.8 Å². The third-order valence-electron chi connectivity index (χ3n) is 6.22. The second kappa shape index (κ2) is 10.4. The molecule has 8 nitrogen and oxygen atoms in total. The van der Waals surface area contributed by atoms with E-state index in [0.717, 1.165) is 17.5 Å². The summed E-state index contributed by atoms with van der Waals surface area (Å²) in [6.45, 7) is 6.53. The van der Waals surface area contributed by atoms with Crippen molar-refractivity contribution in [3.63, 3.8) is 0 Å². The highest BCUT2D eigenvalue weighted by molar-refractivity contribution is 5.86. The molecule has 2 N–H and O–H groups in total. The Morgan fingerprint density at radius 2 is 1.54 bits per heavy atom. The molecule has 4 rings (SSSR count). The van der Waals surface area contributed by atoms with Gasteiger partial charge in [-0.05, 0) is 55.9 Å². The second-order valence-corrected chi connectivity index (χ2v) is 9.88. The quantitative estimate of drug-likeness (QED) is 0.610. The van der Waals surface area contributed by atoms with Crippen molar-refractivity contribution in [3.8, 4) is 11.1 Å². The largest absolute Gasteiger partial charge is 0.448 e. The monoisotopic (exact) mass is 479 g/mol. The van der Waals surface area contributed by atoms with Gasteiger partial charge in [-0.15, -0.1) is 0 Å². The number of benzene rings is 2. The van der Waals surface area contributed by atoms with Gasteiger partial charge in [0.1, 0.15) is 18.2 Å². The first kappa shape index (κ1) is 24.6. The summed E-state index contributed by atoms with van der Waals surface area (Å²) in [6, 6.07) is 15.8. The SMILES string of the molecule is CC(C)(C)OC(=O)NCCNC(=O)C1CCCN1C(=O)OCC1c2ccccc2-c2ccccc21. The minimum absolute atomic E-state index is 0.0276. The Labute approximate surface area is 206 Å². The average Bonchev–Trinajstić information content (AvgIpc) is 3.43. The molecule has 1 fully saturated rings. The lowest BCUT2D eigenvalue weighted by molar-refractivity contribution is -0.125. The Balaban J connectivity index is 1.29. The van der Waals surface area contributed by atoms with Crippen molar-refractivity contribution in [2.45, 2.75) is 51.2 Å². The number of amides is 3. The molecule has 0 radical (unpaired) electrons. The predicted molar refractivity (Wildman–Crippen MR) is 132 cm³/mol. The zero-order chi connectivity index (χ0) is 25.0. The fraction of sp³-hybridized carbons (Fsp3) is 0.444. The van der Waals surface area contributed by atoms with Gasteiger partial charge >= 0.3 is 12.2 Å². The fourth-order valence-corrected chi connectivity index (χ4v) is 4.72. The van der Waals surface area contributed by atoms with Crippen molar-refractivity contribution < 1.29 is 23.9 Å². The standard InChI is InChI=1S/C27H33N3O5/c1-27(2,3)35-25(32)29-15-14-28-24(31)23-13-8-16-30(23)26(33)34-17-22-20-11-6-4-9-18(20)19-10-5-7-12-21(19)22/h4-7,9-12,22-23H,8,13-17H2,1-3H3,(H,28,31)(H,29,32). The summed E-state index contributed by atoms with van der Waals surface area (Å²) in [6.07, 6.45) is 0.304. The van der Waals surface area contributed by atoms with Gasteiger partial charge in [-0.25, -0.2) is 9.59 Å².